The second-order valence-electron chi connectivity index (χ2n) is 6.04. The molecule has 0 radical (unpaired) electrons. The molecular weight excluding hydrogens is 272 g/mol. The van der Waals surface area contributed by atoms with Crippen molar-refractivity contribution in [3.8, 4) is 5.75 Å². The molecule has 3 nitrogen and oxygen atoms in total. The molecule has 0 saturated carbocycles. The van der Waals surface area contributed by atoms with E-state index in [4.69, 9.17) is 4.74 Å². The van der Waals surface area contributed by atoms with Crippen molar-refractivity contribution >= 4 is 10.9 Å². The number of methoxy groups -OCH3 is 1. The quantitative estimate of drug-likeness (QED) is 0.754. The van der Waals surface area contributed by atoms with E-state index in [9.17, 15) is 0 Å². The molecule has 0 spiro atoms. The highest BCUT2D eigenvalue weighted by Crippen LogP contribution is 2.36. The minimum atomic E-state index is 0.221. The molecule has 3 aromatic rings. The lowest BCUT2D eigenvalue weighted by Gasteiger charge is -2.29. The lowest BCUT2D eigenvalue weighted by atomic mass is 9.91. The zero-order chi connectivity index (χ0) is 15.1. The van der Waals surface area contributed by atoms with Gasteiger partial charge in [-0.3, -0.25) is 0 Å². The first-order valence-electron chi connectivity index (χ1n) is 7.75. The second-order valence-corrected chi connectivity index (χ2v) is 6.04. The first-order valence-corrected chi connectivity index (χ1v) is 7.75. The number of hydrogen-bond acceptors (Lipinski definition) is 2. The highest BCUT2D eigenvalue weighted by molar-refractivity contribution is 5.86. The standard InChI is InChI=1S/C19H20N2O/c1-12-10-16-15-11-14(22-2)8-9-17(15)21-19(16)18(20-12)13-6-4-3-5-7-13/h3-9,11-12,18,20-21H,10H2,1-2H3. The number of ether oxygens (including phenoxy) is 1. The van der Waals surface area contributed by atoms with Crippen molar-refractivity contribution in [3.05, 3.63) is 65.4 Å². The molecule has 2 aromatic carbocycles. The molecule has 2 N–H and O–H groups in total. The Morgan fingerprint density at radius 1 is 1.09 bits per heavy atom. The van der Waals surface area contributed by atoms with E-state index < -0.39 is 0 Å². The summed E-state index contributed by atoms with van der Waals surface area (Å²) >= 11 is 0. The van der Waals surface area contributed by atoms with Crippen LogP contribution >= 0.6 is 0 Å². The SMILES string of the molecule is COc1ccc2[nH]c3c(c2c1)CC(C)NC3c1ccccc1. The summed E-state index contributed by atoms with van der Waals surface area (Å²) in [5.41, 5.74) is 5.18. The van der Waals surface area contributed by atoms with Gasteiger partial charge in [0.25, 0.3) is 0 Å². The van der Waals surface area contributed by atoms with E-state index in [1.165, 1.54) is 27.7 Å². The number of aromatic amines is 1. The number of fused-ring (bicyclic) bond motifs is 3. The molecule has 3 heteroatoms. The van der Waals surface area contributed by atoms with Gasteiger partial charge in [-0.25, -0.2) is 0 Å². The van der Waals surface area contributed by atoms with Crippen molar-refractivity contribution in [2.24, 2.45) is 0 Å². The van der Waals surface area contributed by atoms with Gasteiger partial charge in [0.05, 0.1) is 13.2 Å². The Hall–Kier alpha value is -2.26. The van der Waals surface area contributed by atoms with Gasteiger partial charge in [-0.15, -0.1) is 0 Å². The van der Waals surface area contributed by atoms with Gasteiger partial charge in [-0.1, -0.05) is 30.3 Å². The lowest BCUT2D eigenvalue weighted by molar-refractivity contribution is 0.415. The van der Waals surface area contributed by atoms with Gasteiger partial charge in [0.1, 0.15) is 5.75 Å². The zero-order valence-corrected chi connectivity index (χ0v) is 12.9. The highest BCUT2D eigenvalue weighted by Gasteiger charge is 2.28. The first-order chi connectivity index (χ1) is 10.8. The minimum absolute atomic E-state index is 0.221. The number of benzene rings is 2. The van der Waals surface area contributed by atoms with Crippen molar-refractivity contribution in [2.75, 3.05) is 7.11 Å². The lowest BCUT2D eigenvalue weighted by Crippen LogP contribution is -2.37. The molecule has 0 saturated heterocycles. The fourth-order valence-electron chi connectivity index (χ4n) is 3.48. The van der Waals surface area contributed by atoms with Crippen molar-refractivity contribution < 1.29 is 4.74 Å². The fourth-order valence-corrected chi connectivity index (χ4v) is 3.48. The summed E-state index contributed by atoms with van der Waals surface area (Å²) in [6.07, 6.45) is 1.03. The first kappa shape index (κ1) is 13.4. The van der Waals surface area contributed by atoms with Gasteiger partial charge in [0, 0.05) is 22.6 Å². The number of hydrogen-bond donors (Lipinski definition) is 2. The maximum Gasteiger partial charge on any atom is 0.119 e. The highest BCUT2D eigenvalue weighted by atomic mass is 16.5. The van der Waals surface area contributed by atoms with Gasteiger partial charge in [0.15, 0.2) is 0 Å². The largest absolute Gasteiger partial charge is 0.497 e. The molecule has 1 aliphatic rings. The fraction of sp³-hybridized carbons (Fsp3) is 0.263. The van der Waals surface area contributed by atoms with Gasteiger partial charge in [0.2, 0.25) is 0 Å². The van der Waals surface area contributed by atoms with Crippen LogP contribution in [0.3, 0.4) is 0 Å². The molecule has 2 atom stereocenters. The molecule has 0 amide bonds. The van der Waals surface area contributed by atoms with Gasteiger partial charge < -0.3 is 15.0 Å². The summed E-state index contributed by atoms with van der Waals surface area (Å²) in [5, 5.41) is 5.00. The van der Waals surface area contributed by atoms with Crippen LogP contribution in [0.4, 0.5) is 0 Å². The van der Waals surface area contributed by atoms with E-state index in [1.54, 1.807) is 7.11 Å². The Balaban J connectivity index is 1.90. The number of nitrogens with one attached hydrogen (secondary N) is 2. The average Bonchev–Trinajstić information content (AvgIpc) is 2.92. The maximum absolute atomic E-state index is 5.39. The summed E-state index contributed by atoms with van der Waals surface area (Å²) in [7, 11) is 1.72. The summed E-state index contributed by atoms with van der Waals surface area (Å²) in [4.78, 5) is 3.62. The van der Waals surface area contributed by atoms with Crippen LogP contribution < -0.4 is 10.1 Å². The topological polar surface area (TPSA) is 37.0 Å². The number of H-pyrrole nitrogens is 1. The summed E-state index contributed by atoms with van der Waals surface area (Å²) < 4.78 is 5.39. The molecular formula is C19H20N2O. The van der Waals surface area contributed by atoms with Crippen LogP contribution in [-0.2, 0) is 6.42 Å². The minimum Gasteiger partial charge on any atom is -0.497 e. The molecule has 2 heterocycles. The third kappa shape index (κ3) is 2.09. The summed E-state index contributed by atoms with van der Waals surface area (Å²) in [6.45, 7) is 2.25. The van der Waals surface area contributed by atoms with E-state index in [0.717, 1.165) is 12.2 Å². The van der Waals surface area contributed by atoms with E-state index in [1.807, 2.05) is 6.07 Å². The van der Waals surface area contributed by atoms with Crippen molar-refractivity contribution in [3.63, 3.8) is 0 Å². The Kier molecular flexibility index (Phi) is 3.16. The summed E-state index contributed by atoms with van der Waals surface area (Å²) in [5.74, 6) is 0.914. The normalized spacial score (nSPS) is 20.8. The van der Waals surface area contributed by atoms with Crippen LogP contribution in [0.25, 0.3) is 10.9 Å². The average molecular weight is 292 g/mol. The molecule has 0 fully saturated rings. The zero-order valence-electron chi connectivity index (χ0n) is 12.9. The Bertz CT molecular complexity index is 807. The second kappa shape index (κ2) is 5.18. The Labute approximate surface area is 130 Å². The molecule has 4 rings (SSSR count). The van der Waals surface area contributed by atoms with E-state index in [-0.39, 0.29) is 6.04 Å². The number of aromatic nitrogens is 1. The van der Waals surface area contributed by atoms with E-state index in [0.29, 0.717) is 6.04 Å². The van der Waals surface area contributed by atoms with Crippen molar-refractivity contribution in [1.82, 2.24) is 10.3 Å². The monoisotopic (exact) mass is 292 g/mol. The van der Waals surface area contributed by atoms with Crippen LogP contribution in [0.2, 0.25) is 0 Å². The van der Waals surface area contributed by atoms with Crippen molar-refractivity contribution in [2.45, 2.75) is 25.4 Å². The number of rotatable bonds is 2. The summed E-state index contributed by atoms with van der Waals surface area (Å²) in [6, 6.07) is 17.6. The third-order valence-corrected chi connectivity index (χ3v) is 4.53. The third-order valence-electron chi connectivity index (χ3n) is 4.53. The molecule has 0 bridgehead atoms. The van der Waals surface area contributed by atoms with Crippen molar-refractivity contribution in [1.29, 1.82) is 0 Å². The molecule has 22 heavy (non-hydrogen) atoms. The smallest absolute Gasteiger partial charge is 0.119 e. The van der Waals surface area contributed by atoms with E-state index >= 15 is 0 Å². The predicted molar refractivity (Wildman–Crippen MR) is 89.4 cm³/mol. The van der Waals surface area contributed by atoms with E-state index in [2.05, 4.69) is 59.7 Å². The Morgan fingerprint density at radius 3 is 2.68 bits per heavy atom. The van der Waals surface area contributed by atoms with Crippen LogP contribution in [0.5, 0.6) is 5.75 Å². The van der Waals surface area contributed by atoms with Gasteiger partial charge in [-0.05, 0) is 42.7 Å². The van der Waals surface area contributed by atoms with Crippen LogP contribution in [0.1, 0.15) is 29.8 Å². The van der Waals surface area contributed by atoms with Crippen LogP contribution in [0, 0.1) is 0 Å². The predicted octanol–water partition coefficient (Wildman–Crippen LogP) is 3.80. The van der Waals surface area contributed by atoms with Crippen LogP contribution in [0.15, 0.2) is 48.5 Å². The molecule has 1 aromatic heterocycles. The Morgan fingerprint density at radius 2 is 1.91 bits per heavy atom. The maximum atomic E-state index is 5.39. The van der Waals surface area contributed by atoms with Gasteiger partial charge >= 0.3 is 0 Å². The molecule has 112 valence electrons. The molecule has 2 unspecified atom stereocenters. The van der Waals surface area contributed by atoms with Crippen LogP contribution in [-0.4, -0.2) is 18.1 Å². The molecule has 1 aliphatic heterocycles. The van der Waals surface area contributed by atoms with Gasteiger partial charge in [-0.2, -0.15) is 0 Å². The molecule has 0 aliphatic carbocycles.